The third-order valence-corrected chi connectivity index (χ3v) is 18.5. The van der Waals surface area contributed by atoms with Crippen LogP contribution in [0.25, 0.3) is 0 Å². The van der Waals surface area contributed by atoms with Gasteiger partial charge in [0.05, 0.1) is 17.1 Å². The van der Waals surface area contributed by atoms with Gasteiger partial charge in [-0.2, -0.15) is 0 Å². The van der Waals surface area contributed by atoms with Crippen molar-refractivity contribution >= 4 is 120 Å². The number of hydrogen-bond acceptors (Lipinski definition) is 7. The second kappa shape index (κ2) is 17.9. The van der Waals surface area contributed by atoms with Gasteiger partial charge in [0.25, 0.3) is 20.1 Å². The van der Waals surface area contributed by atoms with E-state index in [0.29, 0.717) is 0 Å². The Morgan fingerprint density at radius 3 is 1.02 bits per heavy atom. The largest absolute Gasteiger partial charge is 0.458 e. The highest BCUT2D eigenvalue weighted by Crippen LogP contribution is 2.52. The maximum atomic E-state index is 7.35. The van der Waals surface area contributed by atoms with Gasteiger partial charge in [0.15, 0.2) is 0 Å². The van der Waals surface area contributed by atoms with Crippen LogP contribution in [0.4, 0.5) is 51.2 Å². The summed E-state index contributed by atoms with van der Waals surface area (Å²) >= 11 is 0. The molecule has 0 bridgehead atoms. The Morgan fingerprint density at radius 2 is 0.631 bits per heavy atom. The van der Waals surface area contributed by atoms with E-state index in [4.69, 9.17) is 18.9 Å². The van der Waals surface area contributed by atoms with Crippen LogP contribution in [-0.2, 0) is 0 Å². The highest BCUT2D eigenvalue weighted by molar-refractivity contribution is 7.03. The number of aryl methyl sites for hydroxylation is 8. The van der Waals surface area contributed by atoms with Gasteiger partial charge in [0.1, 0.15) is 46.0 Å². The fraction of sp³-hybridized carbons (Fsp3) is 0.108. The normalized spacial score (nSPS) is 13.7. The number of para-hydroxylation sites is 4. The number of hydrogen-bond donors (Lipinski definition) is 0. The first-order valence-corrected chi connectivity index (χ1v) is 29.3. The molecule has 0 saturated heterocycles. The molecule has 0 amide bonds. The standard InChI is InChI=1S/C74H56B3N3O4/c1-41-25-27-52-62(29-41)81-66-31-43(3)33-68-71(66)75(52)56-37-54-58(39-64(56)83-68)79(73-45(5)17-15-18-46(73)6)60-35-51(78(49-21-11-9-12-22-49)50-23-13-10-14-24-50)36-61-70(60)77(54)55-38-57-65(40-59(55)80(61)74-47(7)19-16-20-48(74)8)84-69-34-44(4)32-67-72(69)76(57)53-28-26-42(2)30-63(53)82-67/h9-40H,1-8H3. The summed E-state index contributed by atoms with van der Waals surface area (Å²) in [6.45, 7) is 17.0. The lowest BCUT2D eigenvalue weighted by Gasteiger charge is -2.47. The lowest BCUT2D eigenvalue weighted by molar-refractivity contribution is 0.463. The van der Waals surface area contributed by atoms with Crippen molar-refractivity contribution in [2.75, 3.05) is 14.7 Å². The highest BCUT2D eigenvalue weighted by Gasteiger charge is 2.50. The molecule has 0 spiro atoms. The third-order valence-electron chi connectivity index (χ3n) is 18.5. The van der Waals surface area contributed by atoms with Crippen molar-refractivity contribution < 1.29 is 18.9 Å². The highest BCUT2D eigenvalue weighted by atomic mass is 16.5. The fourth-order valence-corrected chi connectivity index (χ4v) is 15.0. The summed E-state index contributed by atoms with van der Waals surface area (Å²) < 4.78 is 28.4. The molecule has 84 heavy (non-hydrogen) atoms. The van der Waals surface area contributed by atoms with Crippen LogP contribution in [0.2, 0.25) is 0 Å². The lowest BCUT2D eigenvalue weighted by Crippen LogP contribution is -2.65. The third kappa shape index (κ3) is 7.03. The molecule has 10 heteroatoms. The van der Waals surface area contributed by atoms with E-state index in [1.807, 2.05) is 0 Å². The molecular weight excluding hydrogens is 1030 g/mol. The molecule has 6 aliphatic rings. The number of benzene rings is 11. The Bertz CT molecular complexity index is 4390. The molecule has 17 rings (SSSR count). The van der Waals surface area contributed by atoms with Gasteiger partial charge in [-0.15, -0.1) is 0 Å². The zero-order valence-electron chi connectivity index (χ0n) is 48.2. The van der Waals surface area contributed by atoms with Crippen LogP contribution in [-0.4, -0.2) is 20.1 Å². The predicted octanol–water partition coefficient (Wildman–Crippen LogP) is 13.2. The number of ether oxygens (including phenoxy) is 4. The number of fused-ring (bicyclic) bond motifs is 12. The zero-order valence-corrected chi connectivity index (χ0v) is 48.2. The van der Waals surface area contributed by atoms with Crippen LogP contribution < -0.4 is 82.8 Å². The van der Waals surface area contributed by atoms with Crippen molar-refractivity contribution in [2.45, 2.75) is 55.4 Å². The van der Waals surface area contributed by atoms with Crippen molar-refractivity contribution in [2.24, 2.45) is 0 Å². The Morgan fingerprint density at radius 1 is 0.274 bits per heavy atom. The summed E-state index contributed by atoms with van der Waals surface area (Å²) in [5, 5.41) is 0. The average molecular weight is 1080 g/mol. The van der Waals surface area contributed by atoms with E-state index in [9.17, 15) is 0 Å². The van der Waals surface area contributed by atoms with Gasteiger partial charge < -0.3 is 33.6 Å². The molecule has 0 aromatic heterocycles. The lowest BCUT2D eigenvalue weighted by atomic mass is 9.29. The van der Waals surface area contributed by atoms with E-state index in [1.165, 1.54) is 38.6 Å². The van der Waals surface area contributed by atoms with Gasteiger partial charge in [-0.25, -0.2) is 0 Å². The molecule has 6 heterocycles. The molecule has 0 atom stereocenters. The molecular formula is C74H56B3N3O4. The molecule has 0 unspecified atom stereocenters. The Hall–Kier alpha value is -9.79. The SMILES string of the molecule is Cc1ccc2c(c1)Oc1cc(C)cc3c1B2c1cc2c(cc1O3)N(c1c(C)cccc1C)c1cc(N(c3ccccc3)c3ccccc3)cc3c1B2c1cc2c(cc1N3c1c(C)cccc1C)Oc1cc(C)cc3c1B2c1ccc(C)cc1O3. The summed E-state index contributed by atoms with van der Waals surface area (Å²) in [5.74, 6) is 6.78. The summed E-state index contributed by atoms with van der Waals surface area (Å²) in [6.07, 6.45) is 0. The molecule has 0 aliphatic carbocycles. The molecule has 7 nitrogen and oxygen atoms in total. The maximum Gasteiger partial charge on any atom is 0.260 e. The summed E-state index contributed by atoms with van der Waals surface area (Å²) in [7, 11) is 0. The van der Waals surface area contributed by atoms with Gasteiger partial charge in [-0.05, 0) is 211 Å². The predicted molar refractivity (Wildman–Crippen MR) is 348 cm³/mol. The van der Waals surface area contributed by atoms with Gasteiger partial charge in [0.2, 0.25) is 0 Å². The summed E-state index contributed by atoms with van der Waals surface area (Å²) in [4.78, 5) is 7.57. The van der Waals surface area contributed by atoms with E-state index >= 15 is 0 Å². The first-order valence-electron chi connectivity index (χ1n) is 29.3. The maximum absolute atomic E-state index is 7.35. The second-order valence-corrected chi connectivity index (χ2v) is 24.1. The van der Waals surface area contributed by atoms with Gasteiger partial charge >= 0.3 is 0 Å². The van der Waals surface area contributed by atoms with E-state index in [0.717, 1.165) is 152 Å². The molecule has 11 aromatic rings. The Balaban J connectivity index is 1.03. The summed E-state index contributed by atoms with van der Waals surface area (Å²) in [6, 6.07) is 71.7. The van der Waals surface area contributed by atoms with Gasteiger partial charge in [-0.1, -0.05) is 109 Å². The van der Waals surface area contributed by atoms with E-state index < -0.39 is 0 Å². The van der Waals surface area contributed by atoms with E-state index in [1.54, 1.807) is 0 Å². The van der Waals surface area contributed by atoms with Crippen molar-refractivity contribution in [3.8, 4) is 46.0 Å². The van der Waals surface area contributed by atoms with E-state index in [2.05, 4.69) is 264 Å². The van der Waals surface area contributed by atoms with Gasteiger partial charge in [-0.3, -0.25) is 0 Å². The summed E-state index contributed by atoms with van der Waals surface area (Å²) in [5.41, 5.74) is 29.2. The van der Waals surface area contributed by atoms with Crippen LogP contribution in [0.5, 0.6) is 46.0 Å². The smallest absolute Gasteiger partial charge is 0.260 e. The molecule has 6 aliphatic heterocycles. The minimum Gasteiger partial charge on any atom is -0.458 e. The van der Waals surface area contributed by atoms with Gasteiger partial charge in [0, 0.05) is 57.2 Å². The molecule has 0 fully saturated rings. The Labute approximate surface area is 491 Å². The van der Waals surface area contributed by atoms with Crippen LogP contribution in [0.1, 0.15) is 44.5 Å². The van der Waals surface area contributed by atoms with Crippen LogP contribution in [0.3, 0.4) is 0 Å². The minimum atomic E-state index is -0.278. The van der Waals surface area contributed by atoms with Crippen LogP contribution in [0.15, 0.2) is 194 Å². The quantitative estimate of drug-likeness (QED) is 0.159. The molecule has 0 saturated carbocycles. The van der Waals surface area contributed by atoms with Crippen molar-refractivity contribution in [3.05, 3.63) is 239 Å². The number of nitrogens with zero attached hydrogens (tertiary/aromatic N) is 3. The van der Waals surface area contributed by atoms with Crippen LogP contribution in [0, 0.1) is 55.4 Å². The molecule has 11 aromatic carbocycles. The van der Waals surface area contributed by atoms with Crippen LogP contribution >= 0.6 is 0 Å². The van der Waals surface area contributed by atoms with E-state index in [-0.39, 0.29) is 20.1 Å². The number of rotatable bonds is 5. The van der Waals surface area contributed by atoms with Crippen molar-refractivity contribution in [1.29, 1.82) is 0 Å². The first kappa shape index (κ1) is 48.9. The second-order valence-electron chi connectivity index (χ2n) is 24.1. The monoisotopic (exact) mass is 1080 g/mol. The fourth-order valence-electron chi connectivity index (χ4n) is 15.0. The minimum absolute atomic E-state index is 0.150. The first-order chi connectivity index (χ1) is 40.9. The Kier molecular flexibility index (Phi) is 10.4. The zero-order chi connectivity index (χ0) is 56.5. The molecule has 0 radical (unpaired) electrons. The average Bonchev–Trinajstić information content (AvgIpc) is 1.33. The molecule has 0 N–H and O–H groups in total. The molecule has 400 valence electrons. The number of anilines is 9. The topological polar surface area (TPSA) is 46.6 Å². The van der Waals surface area contributed by atoms with Crippen molar-refractivity contribution in [3.63, 3.8) is 0 Å². The van der Waals surface area contributed by atoms with Crippen molar-refractivity contribution in [1.82, 2.24) is 0 Å².